The lowest BCUT2D eigenvalue weighted by molar-refractivity contribution is 0.128. The highest BCUT2D eigenvalue weighted by atomic mass is 79.9. The highest BCUT2D eigenvalue weighted by molar-refractivity contribution is 9.10. The third-order valence-electron chi connectivity index (χ3n) is 4.32. The lowest BCUT2D eigenvalue weighted by atomic mass is 10.1. The molecule has 4 nitrogen and oxygen atoms in total. The summed E-state index contributed by atoms with van der Waals surface area (Å²) in [4.78, 5) is 2.58. The normalized spacial score (nSPS) is 24.2. The van der Waals surface area contributed by atoms with Crippen LogP contribution in [-0.4, -0.2) is 39.9 Å². The van der Waals surface area contributed by atoms with Gasteiger partial charge in [0.2, 0.25) is 0 Å². The Morgan fingerprint density at radius 1 is 1.35 bits per heavy atom. The second kappa shape index (κ2) is 7.05. The van der Waals surface area contributed by atoms with E-state index in [0.29, 0.717) is 12.1 Å². The minimum atomic E-state index is 0.579. The number of hydrogen-bond donors (Lipinski definition) is 1. The summed E-state index contributed by atoms with van der Waals surface area (Å²) < 4.78 is 3.36. The summed E-state index contributed by atoms with van der Waals surface area (Å²) in [7, 11) is 0. The van der Waals surface area contributed by atoms with Crippen molar-refractivity contribution in [3.63, 3.8) is 0 Å². The van der Waals surface area contributed by atoms with Crippen LogP contribution in [-0.2, 0) is 19.5 Å². The van der Waals surface area contributed by atoms with E-state index < -0.39 is 0 Å². The Morgan fingerprint density at radius 3 is 2.70 bits per heavy atom. The molecule has 0 aliphatic carbocycles. The van der Waals surface area contributed by atoms with Crippen molar-refractivity contribution in [2.24, 2.45) is 0 Å². The Bertz CT molecular complexity index is 443. The first-order valence-electron chi connectivity index (χ1n) is 7.82. The molecule has 0 bridgehead atoms. The molecule has 114 valence electrons. The van der Waals surface area contributed by atoms with Crippen LogP contribution in [0.2, 0.25) is 0 Å². The maximum absolute atomic E-state index is 4.70. The average Bonchev–Trinajstić information content (AvgIpc) is 2.77. The molecule has 0 amide bonds. The summed E-state index contributed by atoms with van der Waals surface area (Å²) in [5.74, 6) is 0. The summed E-state index contributed by atoms with van der Waals surface area (Å²) >= 11 is 3.76. The molecule has 2 atom stereocenters. The number of halogens is 1. The van der Waals surface area contributed by atoms with Crippen LogP contribution in [0.3, 0.4) is 0 Å². The predicted molar refractivity (Wildman–Crippen MR) is 86.9 cm³/mol. The van der Waals surface area contributed by atoms with E-state index in [-0.39, 0.29) is 0 Å². The minimum absolute atomic E-state index is 0.579. The van der Waals surface area contributed by atoms with Gasteiger partial charge in [-0.2, -0.15) is 5.10 Å². The first-order chi connectivity index (χ1) is 9.60. The van der Waals surface area contributed by atoms with E-state index in [1.54, 1.807) is 0 Å². The fourth-order valence-electron chi connectivity index (χ4n) is 2.85. The molecule has 1 saturated heterocycles. The van der Waals surface area contributed by atoms with Gasteiger partial charge in [-0.3, -0.25) is 9.58 Å². The Kier molecular flexibility index (Phi) is 5.64. The highest BCUT2D eigenvalue weighted by Crippen LogP contribution is 2.25. The van der Waals surface area contributed by atoms with Crippen LogP contribution in [0.1, 0.15) is 45.5 Å². The van der Waals surface area contributed by atoms with Crippen LogP contribution in [0.5, 0.6) is 0 Å². The Morgan fingerprint density at radius 2 is 2.10 bits per heavy atom. The van der Waals surface area contributed by atoms with Crippen molar-refractivity contribution in [2.75, 3.05) is 13.1 Å². The Labute approximate surface area is 131 Å². The first-order valence-corrected chi connectivity index (χ1v) is 8.61. The predicted octanol–water partition coefficient (Wildman–Crippen LogP) is 2.80. The molecule has 20 heavy (non-hydrogen) atoms. The highest BCUT2D eigenvalue weighted by Gasteiger charge is 2.26. The molecular weight excluding hydrogens is 316 g/mol. The summed E-state index contributed by atoms with van der Waals surface area (Å²) in [6.45, 7) is 13.0. The third kappa shape index (κ3) is 3.26. The van der Waals surface area contributed by atoms with Gasteiger partial charge in [-0.05, 0) is 42.6 Å². The lowest BCUT2D eigenvalue weighted by Crippen LogP contribution is -2.54. The van der Waals surface area contributed by atoms with Crippen LogP contribution in [0.4, 0.5) is 0 Å². The van der Waals surface area contributed by atoms with Crippen molar-refractivity contribution >= 4 is 15.9 Å². The van der Waals surface area contributed by atoms with Gasteiger partial charge in [-0.15, -0.1) is 0 Å². The van der Waals surface area contributed by atoms with Crippen molar-refractivity contribution in [3.8, 4) is 0 Å². The number of aryl methyl sites for hydroxylation is 2. The monoisotopic (exact) mass is 342 g/mol. The van der Waals surface area contributed by atoms with E-state index in [0.717, 1.165) is 32.6 Å². The van der Waals surface area contributed by atoms with Gasteiger partial charge < -0.3 is 5.32 Å². The van der Waals surface area contributed by atoms with Crippen LogP contribution < -0.4 is 5.32 Å². The molecule has 2 heterocycles. The number of hydrogen-bond acceptors (Lipinski definition) is 3. The summed E-state index contributed by atoms with van der Waals surface area (Å²) in [5, 5.41) is 8.32. The number of nitrogens with one attached hydrogen (secondary N) is 1. The van der Waals surface area contributed by atoms with Gasteiger partial charge >= 0.3 is 0 Å². The van der Waals surface area contributed by atoms with Crippen LogP contribution >= 0.6 is 15.9 Å². The molecule has 0 saturated carbocycles. The summed E-state index contributed by atoms with van der Waals surface area (Å²) in [6.07, 6.45) is 2.17. The van der Waals surface area contributed by atoms with Crippen molar-refractivity contribution in [2.45, 2.75) is 65.7 Å². The van der Waals surface area contributed by atoms with Crippen molar-refractivity contribution < 1.29 is 0 Å². The molecule has 1 aliphatic rings. The zero-order chi connectivity index (χ0) is 14.7. The van der Waals surface area contributed by atoms with Gasteiger partial charge in [0.25, 0.3) is 0 Å². The van der Waals surface area contributed by atoms with Crippen molar-refractivity contribution in [1.29, 1.82) is 0 Å². The van der Waals surface area contributed by atoms with Gasteiger partial charge in [0, 0.05) is 38.3 Å². The van der Waals surface area contributed by atoms with E-state index in [2.05, 4.69) is 58.5 Å². The topological polar surface area (TPSA) is 33.1 Å². The molecule has 1 N–H and O–H groups in total. The second-order valence-electron chi connectivity index (χ2n) is 5.67. The van der Waals surface area contributed by atoms with Gasteiger partial charge in [-0.25, -0.2) is 0 Å². The fourth-order valence-corrected chi connectivity index (χ4v) is 3.54. The zero-order valence-corrected chi connectivity index (χ0v) is 14.7. The number of piperazine rings is 1. The molecule has 0 aromatic carbocycles. The largest absolute Gasteiger partial charge is 0.311 e. The Balaban J connectivity index is 2.17. The molecule has 1 aromatic heterocycles. The molecule has 1 aliphatic heterocycles. The molecule has 2 rings (SSSR count). The van der Waals surface area contributed by atoms with Gasteiger partial charge in [0.1, 0.15) is 0 Å². The van der Waals surface area contributed by atoms with E-state index in [4.69, 9.17) is 5.10 Å². The smallest absolute Gasteiger partial charge is 0.0767 e. The second-order valence-corrected chi connectivity index (χ2v) is 6.46. The van der Waals surface area contributed by atoms with E-state index in [9.17, 15) is 0 Å². The fraction of sp³-hybridized carbons (Fsp3) is 0.800. The van der Waals surface area contributed by atoms with Crippen molar-refractivity contribution in [1.82, 2.24) is 20.0 Å². The van der Waals surface area contributed by atoms with Gasteiger partial charge in [-0.1, -0.05) is 13.8 Å². The number of nitrogens with zero attached hydrogens (tertiary/aromatic N) is 3. The van der Waals surface area contributed by atoms with Gasteiger partial charge in [0.15, 0.2) is 0 Å². The molecule has 0 radical (unpaired) electrons. The van der Waals surface area contributed by atoms with Gasteiger partial charge in [0.05, 0.1) is 15.9 Å². The summed E-state index contributed by atoms with van der Waals surface area (Å²) in [6, 6.07) is 1.20. The maximum atomic E-state index is 4.70. The molecule has 1 aromatic rings. The zero-order valence-electron chi connectivity index (χ0n) is 13.1. The van der Waals surface area contributed by atoms with E-state index >= 15 is 0 Å². The number of rotatable bonds is 5. The Hall–Kier alpha value is -0.390. The summed E-state index contributed by atoms with van der Waals surface area (Å²) in [5.41, 5.74) is 2.50. The molecule has 1 fully saturated rings. The van der Waals surface area contributed by atoms with Crippen LogP contribution in [0, 0.1) is 0 Å². The quantitative estimate of drug-likeness (QED) is 0.893. The average molecular weight is 343 g/mol. The van der Waals surface area contributed by atoms with Crippen LogP contribution in [0.15, 0.2) is 4.47 Å². The SMILES string of the molecule is CCc1nn(CC)c(CN2CC(CC)NCC2C)c1Br. The molecule has 2 unspecified atom stereocenters. The van der Waals surface area contributed by atoms with Crippen molar-refractivity contribution in [3.05, 3.63) is 15.9 Å². The standard InChI is InChI=1S/C15H27BrN4/c1-5-12-9-19(11(4)8-17-12)10-14-15(16)13(6-2)18-20(14)7-3/h11-12,17H,5-10H2,1-4H3. The molecule has 0 spiro atoms. The number of aromatic nitrogens is 2. The first kappa shape index (κ1) is 16.0. The van der Waals surface area contributed by atoms with E-state index in [1.807, 2.05) is 0 Å². The third-order valence-corrected chi connectivity index (χ3v) is 5.24. The molecule has 5 heteroatoms. The van der Waals surface area contributed by atoms with Crippen LogP contribution in [0.25, 0.3) is 0 Å². The lowest BCUT2D eigenvalue weighted by Gasteiger charge is -2.38. The van der Waals surface area contributed by atoms with E-state index in [1.165, 1.54) is 22.3 Å². The molecular formula is C15H27BrN4. The maximum Gasteiger partial charge on any atom is 0.0767 e. The minimum Gasteiger partial charge on any atom is -0.311 e.